The van der Waals surface area contributed by atoms with Gasteiger partial charge in [-0.15, -0.1) is 0 Å². The van der Waals surface area contributed by atoms with Crippen LogP contribution in [0.4, 0.5) is 0 Å². The lowest BCUT2D eigenvalue weighted by Gasteiger charge is -2.19. The maximum absolute atomic E-state index is 5.80. The molecule has 2 rings (SSSR count). The van der Waals surface area contributed by atoms with Crippen LogP contribution in [0.2, 0.25) is 0 Å². The van der Waals surface area contributed by atoms with Gasteiger partial charge in [0.2, 0.25) is 0 Å². The smallest absolute Gasteiger partial charge is 0.137 e. The van der Waals surface area contributed by atoms with Gasteiger partial charge in [-0.2, -0.15) is 0 Å². The summed E-state index contributed by atoms with van der Waals surface area (Å²) in [7, 11) is 0. The van der Waals surface area contributed by atoms with Crippen LogP contribution in [0.5, 0.6) is 5.75 Å². The normalized spacial score (nSPS) is 20.5. The Hall–Kier alpha value is -1.09. The van der Waals surface area contributed by atoms with E-state index in [9.17, 15) is 0 Å². The standard InChI is InChI=1S/C14H22N2O/c1-14(2,3)11-7-13(9-15-8-11)17-10-12-5-4-6-16-12/h7-9,12,16H,4-6,10H2,1-3H3/t12-/m1/s1. The van der Waals surface area contributed by atoms with Gasteiger partial charge >= 0.3 is 0 Å². The van der Waals surface area contributed by atoms with Crippen LogP contribution in [-0.2, 0) is 5.41 Å². The predicted octanol–water partition coefficient (Wildman–Crippen LogP) is 2.51. The van der Waals surface area contributed by atoms with E-state index in [0.29, 0.717) is 6.04 Å². The Morgan fingerprint density at radius 3 is 2.88 bits per heavy atom. The minimum Gasteiger partial charge on any atom is -0.490 e. The van der Waals surface area contributed by atoms with E-state index in [-0.39, 0.29) is 5.41 Å². The molecule has 0 radical (unpaired) electrons. The number of nitrogens with zero attached hydrogens (tertiary/aromatic N) is 1. The molecule has 17 heavy (non-hydrogen) atoms. The average molecular weight is 234 g/mol. The summed E-state index contributed by atoms with van der Waals surface area (Å²) in [6.07, 6.45) is 6.19. The minimum absolute atomic E-state index is 0.123. The SMILES string of the molecule is CC(C)(C)c1cncc(OC[C@H]2CCCN2)c1. The Kier molecular flexibility index (Phi) is 3.67. The summed E-state index contributed by atoms with van der Waals surface area (Å²) in [6.45, 7) is 8.43. The Balaban J connectivity index is 1.96. The van der Waals surface area contributed by atoms with Gasteiger partial charge in [-0.3, -0.25) is 4.98 Å². The summed E-state index contributed by atoms with van der Waals surface area (Å²) in [6, 6.07) is 2.61. The molecule has 3 heteroatoms. The largest absolute Gasteiger partial charge is 0.490 e. The summed E-state index contributed by atoms with van der Waals surface area (Å²) in [5, 5.41) is 3.43. The van der Waals surface area contributed by atoms with Gasteiger partial charge in [0.25, 0.3) is 0 Å². The highest BCUT2D eigenvalue weighted by Gasteiger charge is 2.16. The molecule has 1 aliphatic rings. The molecule has 0 amide bonds. The number of aromatic nitrogens is 1. The lowest BCUT2D eigenvalue weighted by Crippen LogP contribution is -2.28. The van der Waals surface area contributed by atoms with Gasteiger partial charge in [-0.05, 0) is 36.4 Å². The second-order valence-electron chi connectivity index (χ2n) is 5.76. The van der Waals surface area contributed by atoms with Crippen LogP contribution >= 0.6 is 0 Å². The first kappa shape index (κ1) is 12.4. The van der Waals surface area contributed by atoms with Crippen molar-refractivity contribution in [2.45, 2.75) is 45.1 Å². The number of nitrogens with one attached hydrogen (secondary N) is 1. The zero-order chi connectivity index (χ0) is 12.3. The molecule has 0 aromatic carbocycles. The molecule has 1 aliphatic heterocycles. The molecule has 1 N–H and O–H groups in total. The van der Waals surface area contributed by atoms with Gasteiger partial charge in [0.15, 0.2) is 0 Å². The summed E-state index contributed by atoms with van der Waals surface area (Å²) in [5.74, 6) is 0.881. The Bertz CT molecular complexity index is 365. The molecule has 0 unspecified atom stereocenters. The molecule has 0 saturated carbocycles. The monoisotopic (exact) mass is 234 g/mol. The van der Waals surface area contributed by atoms with Crippen LogP contribution in [-0.4, -0.2) is 24.2 Å². The fourth-order valence-electron chi connectivity index (χ4n) is 2.00. The molecule has 0 bridgehead atoms. The molecule has 3 nitrogen and oxygen atoms in total. The predicted molar refractivity (Wildman–Crippen MR) is 69.5 cm³/mol. The van der Waals surface area contributed by atoms with Gasteiger partial charge < -0.3 is 10.1 Å². The highest BCUT2D eigenvalue weighted by Crippen LogP contribution is 2.24. The van der Waals surface area contributed by atoms with Crippen LogP contribution in [0, 0.1) is 0 Å². The molecule has 1 aromatic rings. The number of pyridine rings is 1. The number of hydrogen-bond acceptors (Lipinski definition) is 3. The van der Waals surface area contributed by atoms with Crippen molar-refractivity contribution in [1.29, 1.82) is 0 Å². The van der Waals surface area contributed by atoms with Gasteiger partial charge in [0.1, 0.15) is 12.4 Å². The molecular formula is C14H22N2O. The van der Waals surface area contributed by atoms with Crippen LogP contribution in [0.25, 0.3) is 0 Å². The van der Waals surface area contributed by atoms with E-state index in [1.807, 2.05) is 6.20 Å². The maximum Gasteiger partial charge on any atom is 0.137 e. The van der Waals surface area contributed by atoms with E-state index in [4.69, 9.17) is 4.74 Å². The van der Waals surface area contributed by atoms with E-state index in [1.54, 1.807) is 6.20 Å². The van der Waals surface area contributed by atoms with Gasteiger partial charge in [-0.1, -0.05) is 20.8 Å². The number of hydrogen-bond donors (Lipinski definition) is 1. The molecule has 2 heterocycles. The molecular weight excluding hydrogens is 212 g/mol. The van der Waals surface area contributed by atoms with E-state index in [2.05, 4.69) is 37.1 Å². The highest BCUT2D eigenvalue weighted by molar-refractivity contribution is 5.28. The van der Waals surface area contributed by atoms with E-state index >= 15 is 0 Å². The van der Waals surface area contributed by atoms with Crippen molar-refractivity contribution in [3.05, 3.63) is 24.0 Å². The van der Waals surface area contributed by atoms with Crippen molar-refractivity contribution in [1.82, 2.24) is 10.3 Å². The van der Waals surface area contributed by atoms with Crippen LogP contribution < -0.4 is 10.1 Å². The summed E-state index contributed by atoms with van der Waals surface area (Å²) >= 11 is 0. The van der Waals surface area contributed by atoms with E-state index < -0.39 is 0 Å². The first-order chi connectivity index (χ1) is 8.05. The Morgan fingerprint density at radius 2 is 2.24 bits per heavy atom. The van der Waals surface area contributed by atoms with Crippen molar-refractivity contribution in [3.8, 4) is 5.75 Å². The lowest BCUT2D eigenvalue weighted by molar-refractivity contribution is 0.275. The third kappa shape index (κ3) is 3.43. The van der Waals surface area contributed by atoms with E-state index in [1.165, 1.54) is 18.4 Å². The van der Waals surface area contributed by atoms with Gasteiger partial charge in [0.05, 0.1) is 6.20 Å². The second kappa shape index (κ2) is 5.05. The van der Waals surface area contributed by atoms with Crippen molar-refractivity contribution in [3.63, 3.8) is 0 Å². The Labute approximate surface area is 104 Å². The van der Waals surface area contributed by atoms with Crippen molar-refractivity contribution >= 4 is 0 Å². The number of rotatable bonds is 3. The first-order valence-corrected chi connectivity index (χ1v) is 6.37. The summed E-state index contributed by atoms with van der Waals surface area (Å²) < 4.78 is 5.80. The maximum atomic E-state index is 5.80. The lowest BCUT2D eigenvalue weighted by atomic mass is 9.88. The molecule has 1 aromatic heterocycles. The quantitative estimate of drug-likeness (QED) is 0.872. The van der Waals surface area contributed by atoms with Crippen LogP contribution in [0.3, 0.4) is 0 Å². The summed E-state index contributed by atoms with van der Waals surface area (Å²) in [5.41, 5.74) is 1.34. The zero-order valence-corrected chi connectivity index (χ0v) is 11.0. The van der Waals surface area contributed by atoms with Gasteiger partial charge in [-0.25, -0.2) is 0 Å². The van der Waals surface area contributed by atoms with Gasteiger partial charge in [0, 0.05) is 12.2 Å². The molecule has 1 atom stereocenters. The second-order valence-corrected chi connectivity index (χ2v) is 5.76. The molecule has 0 spiro atoms. The van der Waals surface area contributed by atoms with E-state index in [0.717, 1.165) is 18.9 Å². The molecule has 1 saturated heterocycles. The third-order valence-corrected chi connectivity index (χ3v) is 3.19. The van der Waals surface area contributed by atoms with Crippen molar-refractivity contribution in [2.75, 3.05) is 13.2 Å². The highest BCUT2D eigenvalue weighted by atomic mass is 16.5. The molecule has 1 fully saturated rings. The number of ether oxygens (including phenoxy) is 1. The fraction of sp³-hybridized carbons (Fsp3) is 0.643. The average Bonchev–Trinajstić information content (AvgIpc) is 2.78. The minimum atomic E-state index is 0.123. The first-order valence-electron chi connectivity index (χ1n) is 6.37. The zero-order valence-electron chi connectivity index (χ0n) is 11.0. The topological polar surface area (TPSA) is 34.1 Å². The molecule has 94 valence electrons. The third-order valence-electron chi connectivity index (χ3n) is 3.19. The molecule has 0 aliphatic carbocycles. The Morgan fingerprint density at radius 1 is 1.41 bits per heavy atom. The van der Waals surface area contributed by atoms with Crippen molar-refractivity contribution in [2.24, 2.45) is 0 Å². The van der Waals surface area contributed by atoms with Crippen molar-refractivity contribution < 1.29 is 4.74 Å². The summed E-state index contributed by atoms with van der Waals surface area (Å²) in [4.78, 5) is 4.25. The fourth-order valence-corrected chi connectivity index (χ4v) is 2.00. The van der Waals surface area contributed by atoms with Crippen LogP contribution in [0.1, 0.15) is 39.2 Å². The van der Waals surface area contributed by atoms with Crippen LogP contribution in [0.15, 0.2) is 18.5 Å².